The van der Waals surface area contributed by atoms with E-state index in [-0.39, 0.29) is 5.91 Å². The number of rotatable bonds is 8. The van der Waals surface area contributed by atoms with Gasteiger partial charge in [0.25, 0.3) is 0 Å². The Morgan fingerprint density at radius 2 is 1.79 bits per heavy atom. The smallest absolute Gasteiger partial charge is 0.236 e. The molecule has 0 spiro atoms. The summed E-state index contributed by atoms with van der Waals surface area (Å²) in [6.07, 6.45) is 3.95. The van der Waals surface area contributed by atoms with Gasteiger partial charge in [0.2, 0.25) is 5.91 Å². The second-order valence-corrected chi connectivity index (χ2v) is 11.3. The summed E-state index contributed by atoms with van der Waals surface area (Å²) in [6.45, 7) is 14.5. The number of ether oxygens (including phenoxy) is 1. The maximum Gasteiger partial charge on any atom is 0.236 e. The highest BCUT2D eigenvalue weighted by Crippen LogP contribution is 2.38. The average Bonchev–Trinajstić information content (AvgIpc) is 3.32. The number of H-pyrrole nitrogens is 1. The van der Waals surface area contributed by atoms with Crippen LogP contribution in [0.5, 0.6) is 0 Å². The lowest BCUT2D eigenvalue weighted by atomic mass is 9.87. The van der Waals surface area contributed by atoms with E-state index in [2.05, 4.69) is 68.8 Å². The van der Waals surface area contributed by atoms with Gasteiger partial charge in [0.1, 0.15) is 0 Å². The van der Waals surface area contributed by atoms with Crippen LogP contribution >= 0.6 is 0 Å². The van der Waals surface area contributed by atoms with Gasteiger partial charge in [-0.05, 0) is 67.0 Å². The molecule has 0 aliphatic carbocycles. The van der Waals surface area contributed by atoms with Gasteiger partial charge in [-0.25, -0.2) is 0 Å². The van der Waals surface area contributed by atoms with Crippen molar-refractivity contribution in [1.82, 2.24) is 24.7 Å². The number of pyridine rings is 1. The molecule has 7 heteroatoms. The molecule has 4 heterocycles. The van der Waals surface area contributed by atoms with E-state index in [1.54, 1.807) is 7.11 Å². The highest BCUT2D eigenvalue weighted by Gasteiger charge is 2.27. The summed E-state index contributed by atoms with van der Waals surface area (Å²) in [4.78, 5) is 28.0. The highest BCUT2D eigenvalue weighted by molar-refractivity contribution is 5.92. The standard InChI is InChI=1S/C31H43N5O2/c1-22(2)30-27-20-25(5-6-28(27)33-31(30)26-7-10-32-23(3)19-26)24-8-11-36(12-9-24)29(37)21-35-15-13-34(14-16-35)17-18-38-4/h5-7,10,19-20,22,24,33H,8-9,11-18,21H2,1-4H3. The summed E-state index contributed by atoms with van der Waals surface area (Å²) >= 11 is 0. The molecule has 7 nitrogen and oxygen atoms in total. The Labute approximate surface area is 227 Å². The number of nitrogens with zero attached hydrogens (tertiary/aromatic N) is 4. The number of piperidine rings is 1. The first-order valence-electron chi connectivity index (χ1n) is 14.2. The second-order valence-electron chi connectivity index (χ2n) is 11.3. The number of aromatic amines is 1. The van der Waals surface area contributed by atoms with E-state index in [4.69, 9.17) is 4.74 Å². The van der Waals surface area contributed by atoms with Gasteiger partial charge in [-0.2, -0.15) is 0 Å². The fourth-order valence-corrected chi connectivity index (χ4v) is 6.16. The van der Waals surface area contributed by atoms with E-state index in [1.807, 2.05) is 13.1 Å². The molecule has 0 saturated carbocycles. The van der Waals surface area contributed by atoms with Crippen molar-refractivity contribution >= 4 is 16.8 Å². The molecule has 2 saturated heterocycles. The molecule has 2 fully saturated rings. The van der Waals surface area contributed by atoms with Crippen LogP contribution < -0.4 is 0 Å². The fourth-order valence-electron chi connectivity index (χ4n) is 6.16. The molecule has 2 aromatic heterocycles. The SMILES string of the molecule is COCCN1CCN(CC(=O)N2CCC(c3ccc4[nH]c(-c5ccnc(C)c5)c(C(C)C)c4c3)CC2)CC1. The van der Waals surface area contributed by atoms with E-state index >= 15 is 0 Å². The topological polar surface area (TPSA) is 64.7 Å². The zero-order chi connectivity index (χ0) is 26.6. The lowest BCUT2D eigenvalue weighted by Gasteiger charge is -2.37. The number of fused-ring (bicyclic) bond motifs is 1. The number of amides is 1. The van der Waals surface area contributed by atoms with Crippen molar-refractivity contribution in [3.8, 4) is 11.3 Å². The number of carbonyl (C=O) groups excluding carboxylic acids is 1. The molecular formula is C31H43N5O2. The second kappa shape index (κ2) is 12.0. The highest BCUT2D eigenvalue weighted by atomic mass is 16.5. The molecule has 0 unspecified atom stereocenters. The molecule has 2 aliphatic rings. The van der Waals surface area contributed by atoms with E-state index in [9.17, 15) is 4.79 Å². The number of methoxy groups -OCH3 is 1. The van der Waals surface area contributed by atoms with Crippen LogP contribution in [-0.2, 0) is 9.53 Å². The molecule has 1 aromatic carbocycles. The molecule has 0 bridgehead atoms. The van der Waals surface area contributed by atoms with Crippen LogP contribution in [0, 0.1) is 6.92 Å². The van der Waals surface area contributed by atoms with Crippen molar-refractivity contribution in [2.75, 3.05) is 66.1 Å². The zero-order valence-electron chi connectivity index (χ0n) is 23.5. The van der Waals surface area contributed by atoms with E-state index in [0.29, 0.717) is 18.4 Å². The van der Waals surface area contributed by atoms with Crippen molar-refractivity contribution in [3.63, 3.8) is 0 Å². The number of hydrogen-bond donors (Lipinski definition) is 1. The third-order valence-corrected chi connectivity index (χ3v) is 8.38. The molecule has 3 aromatic rings. The molecule has 1 N–H and O–H groups in total. The maximum absolute atomic E-state index is 13.1. The Morgan fingerprint density at radius 3 is 2.47 bits per heavy atom. The van der Waals surface area contributed by atoms with Gasteiger partial charge in [0, 0.05) is 81.3 Å². The molecule has 5 rings (SSSR count). The molecule has 38 heavy (non-hydrogen) atoms. The number of likely N-dealkylation sites (tertiary alicyclic amines) is 1. The number of aryl methyl sites for hydroxylation is 1. The number of aromatic nitrogens is 2. The summed E-state index contributed by atoms with van der Waals surface area (Å²) in [5.74, 6) is 1.19. The summed E-state index contributed by atoms with van der Waals surface area (Å²) in [5.41, 5.74) is 7.40. The summed E-state index contributed by atoms with van der Waals surface area (Å²) in [7, 11) is 1.75. The molecule has 0 radical (unpaired) electrons. The van der Waals surface area contributed by atoms with E-state index < -0.39 is 0 Å². The Hall–Kier alpha value is -2.74. The monoisotopic (exact) mass is 517 g/mol. The van der Waals surface area contributed by atoms with Crippen molar-refractivity contribution in [2.45, 2.75) is 45.4 Å². The van der Waals surface area contributed by atoms with Gasteiger partial charge in [0.15, 0.2) is 0 Å². The minimum atomic E-state index is 0.286. The van der Waals surface area contributed by atoms with E-state index in [0.717, 1.165) is 71.0 Å². The lowest BCUT2D eigenvalue weighted by molar-refractivity contribution is -0.133. The molecule has 204 valence electrons. The van der Waals surface area contributed by atoms with Crippen molar-refractivity contribution in [2.24, 2.45) is 0 Å². The lowest BCUT2D eigenvalue weighted by Crippen LogP contribution is -2.51. The van der Waals surface area contributed by atoms with Gasteiger partial charge in [-0.15, -0.1) is 0 Å². The van der Waals surface area contributed by atoms with Crippen LogP contribution in [0.25, 0.3) is 22.2 Å². The molecule has 1 amide bonds. The first-order valence-corrected chi connectivity index (χ1v) is 14.2. The third kappa shape index (κ3) is 5.95. The predicted octanol–water partition coefficient (Wildman–Crippen LogP) is 4.63. The summed E-state index contributed by atoms with van der Waals surface area (Å²) < 4.78 is 5.20. The van der Waals surface area contributed by atoms with Gasteiger partial charge in [0.05, 0.1) is 18.8 Å². The molecule has 0 atom stereocenters. The quantitative estimate of drug-likeness (QED) is 0.472. The molecular weight excluding hydrogens is 474 g/mol. The first-order chi connectivity index (χ1) is 18.4. The average molecular weight is 518 g/mol. The van der Waals surface area contributed by atoms with Gasteiger partial charge >= 0.3 is 0 Å². The number of carbonyl (C=O) groups is 1. The number of piperazine rings is 1. The Morgan fingerprint density at radius 1 is 1.05 bits per heavy atom. The minimum Gasteiger partial charge on any atom is -0.383 e. The Bertz CT molecular complexity index is 1240. The van der Waals surface area contributed by atoms with Crippen LogP contribution in [0.3, 0.4) is 0 Å². The van der Waals surface area contributed by atoms with Crippen LogP contribution in [0.1, 0.15) is 55.3 Å². The normalized spacial score (nSPS) is 18.1. The number of hydrogen-bond acceptors (Lipinski definition) is 5. The number of benzene rings is 1. The summed E-state index contributed by atoms with van der Waals surface area (Å²) in [6, 6.07) is 11.2. The van der Waals surface area contributed by atoms with Crippen molar-refractivity contribution in [1.29, 1.82) is 0 Å². The Balaban J connectivity index is 1.22. The van der Waals surface area contributed by atoms with Crippen LogP contribution in [0.4, 0.5) is 0 Å². The van der Waals surface area contributed by atoms with Crippen LogP contribution in [-0.4, -0.2) is 96.6 Å². The van der Waals surface area contributed by atoms with Crippen LogP contribution in [0.2, 0.25) is 0 Å². The van der Waals surface area contributed by atoms with Crippen molar-refractivity contribution < 1.29 is 9.53 Å². The minimum absolute atomic E-state index is 0.286. The van der Waals surface area contributed by atoms with Gasteiger partial charge in [-0.3, -0.25) is 19.6 Å². The number of nitrogens with one attached hydrogen (secondary N) is 1. The largest absolute Gasteiger partial charge is 0.383 e. The fraction of sp³-hybridized carbons (Fsp3) is 0.548. The van der Waals surface area contributed by atoms with Gasteiger partial charge in [-0.1, -0.05) is 19.9 Å². The van der Waals surface area contributed by atoms with Gasteiger partial charge < -0.3 is 14.6 Å². The first kappa shape index (κ1) is 26.9. The van der Waals surface area contributed by atoms with Crippen molar-refractivity contribution in [3.05, 3.63) is 53.3 Å². The zero-order valence-corrected chi connectivity index (χ0v) is 23.5. The predicted molar refractivity (Wildman–Crippen MR) is 154 cm³/mol. The third-order valence-electron chi connectivity index (χ3n) is 8.38. The van der Waals surface area contributed by atoms with E-state index in [1.165, 1.54) is 33.3 Å². The Kier molecular flexibility index (Phi) is 8.46. The maximum atomic E-state index is 13.1. The molecule has 2 aliphatic heterocycles. The summed E-state index contributed by atoms with van der Waals surface area (Å²) in [5, 5.41) is 1.32. The van der Waals surface area contributed by atoms with Crippen LogP contribution in [0.15, 0.2) is 36.5 Å².